The van der Waals surface area contributed by atoms with Crippen LogP contribution in [0.4, 0.5) is 0 Å². The third kappa shape index (κ3) is 4.56. The lowest BCUT2D eigenvalue weighted by Gasteiger charge is -2.23. The molecule has 1 rings (SSSR count). The predicted molar refractivity (Wildman–Crippen MR) is 70.8 cm³/mol. The van der Waals surface area contributed by atoms with E-state index >= 15 is 0 Å². The monoisotopic (exact) mass is 239 g/mol. The Labute approximate surface area is 102 Å². The first-order valence-electron chi connectivity index (χ1n) is 5.65. The first kappa shape index (κ1) is 13.6. The zero-order valence-electron chi connectivity index (χ0n) is 10.3. The number of aliphatic hydroxyl groups is 1. The van der Waals surface area contributed by atoms with Crippen molar-refractivity contribution in [3.63, 3.8) is 0 Å². The lowest BCUT2D eigenvalue weighted by Crippen LogP contribution is -2.42. The second-order valence-electron chi connectivity index (χ2n) is 4.47. The highest BCUT2D eigenvalue weighted by molar-refractivity contribution is 7.99. The molecular formula is C13H21NOS. The number of hydrogen-bond acceptors (Lipinski definition) is 3. The third-order valence-corrected chi connectivity index (χ3v) is 3.29. The molecule has 1 aromatic rings. The minimum absolute atomic E-state index is 0.150. The van der Waals surface area contributed by atoms with E-state index in [0.29, 0.717) is 0 Å². The molecule has 2 N–H and O–H groups in total. The highest BCUT2D eigenvalue weighted by Gasteiger charge is 2.14. The van der Waals surface area contributed by atoms with Gasteiger partial charge < -0.3 is 10.4 Å². The van der Waals surface area contributed by atoms with Crippen LogP contribution in [0.3, 0.4) is 0 Å². The van der Waals surface area contributed by atoms with Crippen LogP contribution in [0.2, 0.25) is 0 Å². The zero-order valence-corrected chi connectivity index (χ0v) is 11.1. The van der Waals surface area contributed by atoms with E-state index in [1.165, 1.54) is 10.5 Å². The molecule has 3 heteroatoms. The number of hydrogen-bond donors (Lipinski definition) is 2. The number of aliphatic hydroxyl groups excluding tert-OH is 1. The summed E-state index contributed by atoms with van der Waals surface area (Å²) in [6, 6.07) is 8.57. The third-order valence-electron chi connectivity index (χ3n) is 2.40. The van der Waals surface area contributed by atoms with E-state index in [0.717, 1.165) is 12.3 Å². The van der Waals surface area contributed by atoms with Gasteiger partial charge in [-0.1, -0.05) is 19.1 Å². The Bertz CT molecular complexity index is 308. The van der Waals surface area contributed by atoms with E-state index in [1.54, 1.807) is 0 Å². The summed E-state index contributed by atoms with van der Waals surface area (Å²) in [4.78, 5) is 1.31. The minimum Gasteiger partial charge on any atom is -0.394 e. The quantitative estimate of drug-likeness (QED) is 0.749. The molecule has 2 nitrogen and oxygen atoms in total. The maximum absolute atomic E-state index is 9.12. The van der Waals surface area contributed by atoms with Gasteiger partial charge in [-0.25, -0.2) is 0 Å². The van der Waals surface area contributed by atoms with Gasteiger partial charge in [0.2, 0.25) is 0 Å². The van der Waals surface area contributed by atoms with Crippen molar-refractivity contribution in [2.24, 2.45) is 0 Å². The summed E-state index contributed by atoms with van der Waals surface area (Å²) in [5.74, 6) is 1.11. The Balaban J connectivity index is 2.49. The SMILES string of the molecule is CCSc1ccc(CNC(C)(C)CO)cc1. The van der Waals surface area contributed by atoms with Crippen LogP contribution in [0.5, 0.6) is 0 Å². The Morgan fingerprint density at radius 2 is 1.88 bits per heavy atom. The van der Waals surface area contributed by atoms with Gasteiger partial charge in [-0.05, 0) is 37.3 Å². The van der Waals surface area contributed by atoms with Crippen molar-refractivity contribution in [2.45, 2.75) is 37.8 Å². The van der Waals surface area contributed by atoms with E-state index in [9.17, 15) is 0 Å². The van der Waals surface area contributed by atoms with Crippen molar-refractivity contribution in [3.8, 4) is 0 Å². The molecule has 90 valence electrons. The number of thioether (sulfide) groups is 1. The van der Waals surface area contributed by atoms with Gasteiger partial charge >= 0.3 is 0 Å². The average Bonchev–Trinajstić information content (AvgIpc) is 2.29. The smallest absolute Gasteiger partial charge is 0.0607 e. The Kier molecular flexibility index (Phi) is 5.32. The Morgan fingerprint density at radius 1 is 1.25 bits per heavy atom. The van der Waals surface area contributed by atoms with E-state index < -0.39 is 0 Å². The van der Waals surface area contributed by atoms with E-state index in [1.807, 2.05) is 25.6 Å². The van der Waals surface area contributed by atoms with Crippen LogP contribution in [0, 0.1) is 0 Å². The van der Waals surface area contributed by atoms with E-state index in [4.69, 9.17) is 5.11 Å². The summed E-state index contributed by atoms with van der Waals surface area (Å²) in [6.45, 7) is 7.09. The molecule has 0 atom stereocenters. The Morgan fingerprint density at radius 3 is 2.38 bits per heavy atom. The van der Waals surface area contributed by atoms with Gasteiger partial charge in [0.15, 0.2) is 0 Å². The van der Waals surface area contributed by atoms with Crippen LogP contribution in [-0.4, -0.2) is 23.0 Å². The van der Waals surface area contributed by atoms with Gasteiger partial charge in [0.05, 0.1) is 6.61 Å². The first-order valence-corrected chi connectivity index (χ1v) is 6.63. The molecule has 0 unspecified atom stereocenters. The van der Waals surface area contributed by atoms with Crippen molar-refractivity contribution < 1.29 is 5.11 Å². The largest absolute Gasteiger partial charge is 0.394 e. The average molecular weight is 239 g/mol. The zero-order chi connectivity index (χ0) is 12.0. The molecule has 0 saturated heterocycles. The predicted octanol–water partition coefficient (Wildman–Crippen LogP) is 2.66. The molecule has 16 heavy (non-hydrogen) atoms. The van der Waals surface area contributed by atoms with Crippen molar-refractivity contribution in [3.05, 3.63) is 29.8 Å². The number of rotatable bonds is 6. The maximum Gasteiger partial charge on any atom is 0.0607 e. The number of benzene rings is 1. The summed E-state index contributed by atoms with van der Waals surface area (Å²) in [5.41, 5.74) is 1.04. The van der Waals surface area contributed by atoms with E-state index in [2.05, 4.69) is 36.5 Å². The fraction of sp³-hybridized carbons (Fsp3) is 0.538. The van der Waals surface area contributed by atoms with E-state index in [-0.39, 0.29) is 12.1 Å². The molecule has 0 spiro atoms. The van der Waals surface area contributed by atoms with Crippen LogP contribution in [0.25, 0.3) is 0 Å². The molecule has 1 aromatic carbocycles. The van der Waals surface area contributed by atoms with Crippen molar-refractivity contribution in [2.75, 3.05) is 12.4 Å². The van der Waals surface area contributed by atoms with Crippen LogP contribution in [0.15, 0.2) is 29.2 Å². The van der Waals surface area contributed by atoms with Gasteiger partial charge in [-0.15, -0.1) is 11.8 Å². The molecule has 0 saturated carbocycles. The summed E-state index contributed by atoms with van der Waals surface area (Å²) in [5, 5.41) is 12.4. The fourth-order valence-electron chi connectivity index (χ4n) is 1.27. The molecule has 0 amide bonds. The first-order chi connectivity index (χ1) is 7.57. The fourth-order valence-corrected chi connectivity index (χ4v) is 1.93. The molecular weight excluding hydrogens is 218 g/mol. The summed E-state index contributed by atoms with van der Waals surface area (Å²) >= 11 is 1.85. The lowest BCUT2D eigenvalue weighted by atomic mass is 10.1. The maximum atomic E-state index is 9.12. The Hall–Kier alpha value is -0.510. The molecule has 0 radical (unpaired) electrons. The molecule has 0 aliphatic rings. The molecule has 0 heterocycles. The summed E-state index contributed by atoms with van der Waals surface area (Å²) in [6.07, 6.45) is 0. The summed E-state index contributed by atoms with van der Waals surface area (Å²) < 4.78 is 0. The van der Waals surface area contributed by atoms with Crippen molar-refractivity contribution in [1.82, 2.24) is 5.32 Å². The van der Waals surface area contributed by atoms with Gasteiger partial charge in [0.25, 0.3) is 0 Å². The van der Waals surface area contributed by atoms with Crippen molar-refractivity contribution >= 4 is 11.8 Å². The standard InChI is InChI=1S/C13H21NOS/c1-4-16-12-7-5-11(6-8-12)9-14-13(2,3)10-15/h5-8,14-15H,4,9-10H2,1-3H3. The molecule has 0 bridgehead atoms. The van der Waals surface area contributed by atoms with Crippen molar-refractivity contribution in [1.29, 1.82) is 0 Å². The topological polar surface area (TPSA) is 32.3 Å². The number of nitrogens with one attached hydrogen (secondary N) is 1. The van der Waals surface area contributed by atoms with Gasteiger partial charge in [0, 0.05) is 17.0 Å². The molecule has 0 aromatic heterocycles. The highest BCUT2D eigenvalue weighted by Crippen LogP contribution is 2.17. The van der Waals surface area contributed by atoms with Crippen LogP contribution < -0.4 is 5.32 Å². The molecule has 0 aliphatic carbocycles. The second kappa shape index (κ2) is 6.28. The van der Waals surface area contributed by atoms with Crippen LogP contribution in [-0.2, 0) is 6.54 Å². The second-order valence-corrected chi connectivity index (χ2v) is 5.81. The van der Waals surface area contributed by atoms with Gasteiger partial charge in [-0.2, -0.15) is 0 Å². The normalized spacial score (nSPS) is 11.8. The molecule has 0 aliphatic heterocycles. The molecule has 0 fully saturated rings. The van der Waals surface area contributed by atoms with Gasteiger partial charge in [-0.3, -0.25) is 0 Å². The summed E-state index contributed by atoms with van der Waals surface area (Å²) in [7, 11) is 0. The van der Waals surface area contributed by atoms with Crippen LogP contribution in [0.1, 0.15) is 26.3 Å². The van der Waals surface area contributed by atoms with Gasteiger partial charge in [0.1, 0.15) is 0 Å². The highest BCUT2D eigenvalue weighted by atomic mass is 32.2. The van der Waals surface area contributed by atoms with Crippen LogP contribution >= 0.6 is 11.8 Å². The lowest BCUT2D eigenvalue weighted by molar-refractivity contribution is 0.187. The minimum atomic E-state index is -0.211.